The molecule has 0 bridgehead atoms. The van der Waals surface area contributed by atoms with Crippen molar-refractivity contribution in [1.29, 1.82) is 0 Å². The quantitative estimate of drug-likeness (QED) is 0.454. The Morgan fingerprint density at radius 1 is 1.00 bits per heavy atom. The number of oxazole rings is 1. The summed E-state index contributed by atoms with van der Waals surface area (Å²) < 4.78 is 6.68. The van der Waals surface area contributed by atoms with E-state index in [9.17, 15) is 5.11 Å². The first kappa shape index (κ1) is 15.6. The van der Waals surface area contributed by atoms with E-state index in [0.29, 0.717) is 11.5 Å². The molecule has 0 amide bonds. The number of aromatic hydroxyl groups is 1. The molecule has 1 heterocycles. The molecule has 1 N–H and O–H groups in total. The van der Waals surface area contributed by atoms with Gasteiger partial charge in [0.25, 0.3) is 0 Å². The smallest absolute Gasteiger partial charge is 0.227 e. The van der Waals surface area contributed by atoms with Crippen molar-refractivity contribution in [1.82, 2.24) is 4.98 Å². The molecule has 4 rings (SSSR count). The lowest BCUT2D eigenvalue weighted by atomic mass is 10.2. The van der Waals surface area contributed by atoms with Crippen LogP contribution in [0.25, 0.3) is 22.6 Å². The molecule has 0 aliphatic rings. The summed E-state index contributed by atoms with van der Waals surface area (Å²) in [5, 5.41) is 9.89. The van der Waals surface area contributed by atoms with Gasteiger partial charge in [-0.15, -0.1) is 0 Å². The predicted octanol–water partition coefficient (Wildman–Crippen LogP) is 5.71. The molecule has 4 aromatic rings. The van der Waals surface area contributed by atoms with Crippen LogP contribution in [0.1, 0.15) is 5.56 Å². The number of phenolic OH excluding ortho intramolecular Hbond substituents is 1. The van der Waals surface area contributed by atoms with Crippen molar-refractivity contribution in [2.45, 2.75) is 0 Å². The molecule has 0 aliphatic carbocycles. The number of halogens is 1. The number of phenols is 1. The molecule has 5 heteroatoms. The van der Waals surface area contributed by atoms with Gasteiger partial charge < -0.3 is 9.52 Å². The van der Waals surface area contributed by atoms with Crippen molar-refractivity contribution in [3.05, 3.63) is 76.8 Å². The zero-order valence-corrected chi connectivity index (χ0v) is 14.6. The van der Waals surface area contributed by atoms with Gasteiger partial charge in [0.2, 0.25) is 5.89 Å². The van der Waals surface area contributed by atoms with Crippen molar-refractivity contribution in [2.24, 2.45) is 4.99 Å². The average molecular weight is 393 g/mol. The molecule has 0 unspecified atom stereocenters. The summed E-state index contributed by atoms with van der Waals surface area (Å²) in [6.07, 6.45) is 1.63. The highest BCUT2D eigenvalue weighted by atomic mass is 79.9. The van der Waals surface area contributed by atoms with Crippen molar-refractivity contribution in [3.8, 4) is 17.2 Å². The minimum absolute atomic E-state index is 0.182. The molecule has 0 fully saturated rings. The van der Waals surface area contributed by atoms with Crippen molar-refractivity contribution < 1.29 is 9.52 Å². The topological polar surface area (TPSA) is 58.6 Å². The molecule has 25 heavy (non-hydrogen) atoms. The van der Waals surface area contributed by atoms with Gasteiger partial charge in [-0.3, -0.25) is 4.99 Å². The fourth-order valence-electron chi connectivity index (χ4n) is 2.49. The van der Waals surface area contributed by atoms with E-state index < -0.39 is 0 Å². The molecule has 0 radical (unpaired) electrons. The second-order valence-corrected chi connectivity index (χ2v) is 6.41. The molecular formula is C20H13BrN2O2. The lowest BCUT2D eigenvalue weighted by Crippen LogP contribution is -1.82. The largest absolute Gasteiger partial charge is 0.507 e. The third kappa shape index (κ3) is 3.32. The van der Waals surface area contributed by atoms with Gasteiger partial charge in [0.1, 0.15) is 11.3 Å². The predicted molar refractivity (Wildman–Crippen MR) is 103 cm³/mol. The minimum atomic E-state index is 0.182. The Morgan fingerprint density at radius 3 is 2.76 bits per heavy atom. The van der Waals surface area contributed by atoms with E-state index in [-0.39, 0.29) is 5.75 Å². The van der Waals surface area contributed by atoms with E-state index in [1.165, 1.54) is 0 Å². The lowest BCUT2D eigenvalue weighted by molar-refractivity contribution is 0.474. The molecule has 0 aliphatic heterocycles. The number of para-hydroxylation sites is 2. The highest BCUT2D eigenvalue weighted by Gasteiger charge is 2.08. The molecule has 0 saturated heterocycles. The first-order valence-electron chi connectivity index (χ1n) is 7.68. The Morgan fingerprint density at radius 2 is 1.88 bits per heavy atom. The van der Waals surface area contributed by atoms with Crippen LogP contribution < -0.4 is 0 Å². The summed E-state index contributed by atoms with van der Waals surface area (Å²) in [7, 11) is 0. The summed E-state index contributed by atoms with van der Waals surface area (Å²) in [4.78, 5) is 8.95. The van der Waals surface area contributed by atoms with Gasteiger partial charge in [0.15, 0.2) is 5.58 Å². The highest BCUT2D eigenvalue weighted by Crippen LogP contribution is 2.27. The third-order valence-corrected chi connectivity index (χ3v) is 4.22. The highest BCUT2D eigenvalue weighted by molar-refractivity contribution is 9.10. The first-order chi connectivity index (χ1) is 12.2. The minimum Gasteiger partial charge on any atom is -0.507 e. The molecular weight excluding hydrogens is 380 g/mol. The molecule has 4 nitrogen and oxygen atoms in total. The molecule has 0 spiro atoms. The van der Waals surface area contributed by atoms with Crippen LogP contribution in [0.3, 0.4) is 0 Å². The Labute approximate surface area is 152 Å². The number of nitrogens with zero attached hydrogens (tertiary/aromatic N) is 2. The number of rotatable bonds is 3. The number of aromatic nitrogens is 1. The van der Waals surface area contributed by atoms with Gasteiger partial charge in [-0.2, -0.15) is 0 Å². The molecule has 122 valence electrons. The Balaban J connectivity index is 1.67. The summed E-state index contributed by atoms with van der Waals surface area (Å²) in [6.45, 7) is 0. The van der Waals surface area contributed by atoms with E-state index in [2.05, 4.69) is 25.9 Å². The summed E-state index contributed by atoms with van der Waals surface area (Å²) >= 11 is 3.39. The number of hydrogen-bond donors (Lipinski definition) is 1. The van der Waals surface area contributed by atoms with Crippen LogP contribution in [-0.2, 0) is 0 Å². The maximum atomic E-state index is 9.89. The lowest BCUT2D eigenvalue weighted by Gasteiger charge is -2.00. The first-order valence-corrected chi connectivity index (χ1v) is 8.47. The average Bonchev–Trinajstić information content (AvgIpc) is 3.07. The summed E-state index contributed by atoms with van der Waals surface area (Å²) in [5.41, 5.74) is 3.82. The van der Waals surface area contributed by atoms with Gasteiger partial charge in [0, 0.05) is 21.8 Å². The van der Waals surface area contributed by atoms with Gasteiger partial charge in [0.05, 0.1) is 5.69 Å². The molecule has 0 atom stereocenters. The van der Waals surface area contributed by atoms with E-state index in [4.69, 9.17) is 4.42 Å². The summed E-state index contributed by atoms with van der Waals surface area (Å²) in [5.74, 6) is 0.741. The summed E-state index contributed by atoms with van der Waals surface area (Å²) in [6, 6.07) is 20.5. The van der Waals surface area contributed by atoms with Gasteiger partial charge in [-0.05, 0) is 48.5 Å². The van der Waals surface area contributed by atoms with Gasteiger partial charge in [-0.25, -0.2) is 4.98 Å². The molecule has 0 saturated carbocycles. The van der Waals surface area contributed by atoms with Crippen LogP contribution >= 0.6 is 15.9 Å². The fourth-order valence-corrected chi connectivity index (χ4v) is 2.87. The second kappa shape index (κ2) is 6.53. The van der Waals surface area contributed by atoms with E-state index >= 15 is 0 Å². The third-order valence-electron chi connectivity index (χ3n) is 3.73. The van der Waals surface area contributed by atoms with E-state index in [1.54, 1.807) is 18.3 Å². The van der Waals surface area contributed by atoms with E-state index in [1.807, 2.05) is 54.6 Å². The molecule has 3 aromatic carbocycles. The SMILES string of the molecule is Oc1ccc(Br)cc1C=Nc1cccc(-c2nc3ccccc3o2)c1. The Bertz CT molecular complexity index is 1050. The zero-order valence-electron chi connectivity index (χ0n) is 13.1. The number of hydrogen-bond acceptors (Lipinski definition) is 4. The fraction of sp³-hybridized carbons (Fsp3) is 0. The van der Waals surface area contributed by atoms with Crippen LogP contribution in [0.15, 0.2) is 80.6 Å². The van der Waals surface area contributed by atoms with Crippen LogP contribution in [0.5, 0.6) is 5.75 Å². The Kier molecular flexibility index (Phi) is 4.07. The van der Waals surface area contributed by atoms with E-state index in [0.717, 1.165) is 26.8 Å². The van der Waals surface area contributed by atoms with Gasteiger partial charge >= 0.3 is 0 Å². The zero-order chi connectivity index (χ0) is 17.2. The van der Waals surface area contributed by atoms with Crippen LogP contribution in [0, 0.1) is 0 Å². The standard InChI is InChI=1S/C20H13BrN2O2/c21-15-8-9-18(24)14(10-15)12-22-16-5-3-4-13(11-16)20-23-17-6-1-2-7-19(17)25-20/h1-12,24H. The second-order valence-electron chi connectivity index (χ2n) is 5.50. The van der Waals surface area contributed by atoms with Crippen LogP contribution in [-0.4, -0.2) is 16.3 Å². The maximum Gasteiger partial charge on any atom is 0.227 e. The number of fused-ring (bicyclic) bond motifs is 1. The van der Waals surface area contributed by atoms with Gasteiger partial charge in [-0.1, -0.05) is 34.1 Å². The number of benzene rings is 3. The van der Waals surface area contributed by atoms with Crippen molar-refractivity contribution in [2.75, 3.05) is 0 Å². The van der Waals surface area contributed by atoms with Crippen molar-refractivity contribution >= 4 is 38.9 Å². The van der Waals surface area contributed by atoms with Crippen molar-refractivity contribution in [3.63, 3.8) is 0 Å². The maximum absolute atomic E-state index is 9.89. The number of aliphatic imine (C=N–C) groups is 1. The monoisotopic (exact) mass is 392 g/mol. The molecule has 1 aromatic heterocycles. The van der Waals surface area contributed by atoms with Crippen LogP contribution in [0.2, 0.25) is 0 Å². The normalized spacial score (nSPS) is 11.4. The van der Waals surface area contributed by atoms with Crippen LogP contribution in [0.4, 0.5) is 5.69 Å². The Hall–Kier alpha value is -2.92.